The molecule has 1 atom stereocenters. The van der Waals surface area contributed by atoms with E-state index in [1.165, 1.54) is 51.9 Å². The summed E-state index contributed by atoms with van der Waals surface area (Å²) in [6, 6.07) is 0.827. The Bertz CT molecular complexity index is 145. The first-order valence-corrected chi connectivity index (χ1v) is 6.20. The molecule has 1 rings (SSSR count). The zero-order valence-electron chi connectivity index (χ0n) is 10.1. The van der Waals surface area contributed by atoms with Gasteiger partial charge >= 0.3 is 0 Å². The number of hydrogen-bond acceptors (Lipinski definition) is 2. The highest BCUT2D eigenvalue weighted by atomic mass is 15.2. The van der Waals surface area contributed by atoms with Crippen LogP contribution in [0.4, 0.5) is 0 Å². The van der Waals surface area contributed by atoms with E-state index >= 15 is 0 Å². The standard InChI is InChI=1S/C12H26N2/c1-4-9-14-10-7-6-8-12(14)11-13(3)5-2/h12H,4-11H2,1-3H3. The Kier molecular flexibility index (Phi) is 5.49. The minimum absolute atomic E-state index is 0.827. The molecule has 0 N–H and O–H groups in total. The monoisotopic (exact) mass is 198 g/mol. The molecule has 0 aromatic rings. The summed E-state index contributed by atoms with van der Waals surface area (Å²) >= 11 is 0. The van der Waals surface area contributed by atoms with E-state index in [9.17, 15) is 0 Å². The van der Waals surface area contributed by atoms with E-state index in [1.54, 1.807) is 0 Å². The number of rotatable bonds is 5. The van der Waals surface area contributed by atoms with Gasteiger partial charge in [0.15, 0.2) is 0 Å². The molecule has 1 unspecified atom stereocenters. The lowest BCUT2D eigenvalue weighted by Gasteiger charge is -2.37. The third-order valence-electron chi connectivity index (χ3n) is 3.32. The third-order valence-corrected chi connectivity index (χ3v) is 3.32. The summed E-state index contributed by atoms with van der Waals surface area (Å²) in [6.45, 7) is 9.59. The predicted molar refractivity (Wildman–Crippen MR) is 62.7 cm³/mol. The van der Waals surface area contributed by atoms with Crippen molar-refractivity contribution >= 4 is 0 Å². The lowest BCUT2D eigenvalue weighted by molar-refractivity contribution is 0.116. The predicted octanol–water partition coefficient (Wildman–Crippen LogP) is 2.20. The van der Waals surface area contributed by atoms with Crippen molar-refractivity contribution < 1.29 is 0 Å². The highest BCUT2D eigenvalue weighted by molar-refractivity contribution is 4.78. The van der Waals surface area contributed by atoms with E-state index < -0.39 is 0 Å². The van der Waals surface area contributed by atoms with Crippen LogP contribution >= 0.6 is 0 Å². The van der Waals surface area contributed by atoms with Crippen molar-refractivity contribution in [3.63, 3.8) is 0 Å². The molecule has 0 amide bonds. The first-order valence-electron chi connectivity index (χ1n) is 6.20. The summed E-state index contributed by atoms with van der Waals surface area (Å²) in [4.78, 5) is 5.13. The van der Waals surface area contributed by atoms with Crippen molar-refractivity contribution in [2.75, 3.05) is 33.2 Å². The van der Waals surface area contributed by atoms with Crippen molar-refractivity contribution in [1.29, 1.82) is 0 Å². The average molecular weight is 198 g/mol. The first kappa shape index (κ1) is 12.0. The molecule has 1 aliphatic rings. The number of likely N-dealkylation sites (N-methyl/N-ethyl adjacent to an activating group) is 1. The van der Waals surface area contributed by atoms with Gasteiger partial charge in [0.25, 0.3) is 0 Å². The van der Waals surface area contributed by atoms with Crippen molar-refractivity contribution in [3.8, 4) is 0 Å². The van der Waals surface area contributed by atoms with Crippen molar-refractivity contribution in [1.82, 2.24) is 9.80 Å². The quantitative estimate of drug-likeness (QED) is 0.668. The molecule has 0 aliphatic carbocycles. The minimum atomic E-state index is 0.827. The average Bonchev–Trinajstić information content (AvgIpc) is 2.21. The Morgan fingerprint density at radius 3 is 2.71 bits per heavy atom. The lowest BCUT2D eigenvalue weighted by Crippen LogP contribution is -2.46. The highest BCUT2D eigenvalue weighted by Gasteiger charge is 2.21. The maximum Gasteiger partial charge on any atom is 0.0223 e. The zero-order chi connectivity index (χ0) is 10.4. The fraction of sp³-hybridized carbons (Fsp3) is 1.00. The van der Waals surface area contributed by atoms with Gasteiger partial charge in [-0.15, -0.1) is 0 Å². The maximum atomic E-state index is 2.69. The molecule has 2 nitrogen and oxygen atoms in total. The summed E-state index contributed by atoms with van der Waals surface area (Å²) in [5.74, 6) is 0. The van der Waals surface area contributed by atoms with Crippen molar-refractivity contribution in [2.24, 2.45) is 0 Å². The number of piperidine rings is 1. The van der Waals surface area contributed by atoms with Crippen LogP contribution in [0.3, 0.4) is 0 Å². The summed E-state index contributed by atoms with van der Waals surface area (Å²) in [7, 11) is 2.23. The van der Waals surface area contributed by atoms with E-state index in [0.717, 1.165) is 6.04 Å². The fourth-order valence-corrected chi connectivity index (χ4v) is 2.34. The van der Waals surface area contributed by atoms with E-state index in [0.29, 0.717) is 0 Å². The van der Waals surface area contributed by atoms with Crippen LogP contribution in [-0.2, 0) is 0 Å². The van der Waals surface area contributed by atoms with E-state index in [4.69, 9.17) is 0 Å². The van der Waals surface area contributed by atoms with Crippen molar-refractivity contribution in [2.45, 2.75) is 45.6 Å². The van der Waals surface area contributed by atoms with Crippen LogP contribution in [-0.4, -0.2) is 49.1 Å². The largest absolute Gasteiger partial charge is 0.305 e. The minimum Gasteiger partial charge on any atom is -0.305 e. The van der Waals surface area contributed by atoms with Crippen LogP contribution in [0.1, 0.15) is 39.5 Å². The van der Waals surface area contributed by atoms with Gasteiger partial charge in [0, 0.05) is 12.6 Å². The van der Waals surface area contributed by atoms with Gasteiger partial charge < -0.3 is 4.90 Å². The molecule has 1 fully saturated rings. The van der Waals surface area contributed by atoms with Gasteiger partial charge in [0.05, 0.1) is 0 Å². The molecule has 0 aromatic heterocycles. The van der Waals surface area contributed by atoms with Crippen LogP contribution in [0, 0.1) is 0 Å². The molecule has 1 heterocycles. The second kappa shape index (κ2) is 6.41. The molecule has 0 bridgehead atoms. The third kappa shape index (κ3) is 3.58. The van der Waals surface area contributed by atoms with Gasteiger partial charge in [-0.2, -0.15) is 0 Å². The SMILES string of the molecule is CCCN1CCCCC1CN(C)CC. The smallest absolute Gasteiger partial charge is 0.0223 e. The highest BCUT2D eigenvalue weighted by Crippen LogP contribution is 2.17. The molecule has 0 aromatic carbocycles. The number of likely N-dealkylation sites (tertiary alicyclic amines) is 1. The molecular weight excluding hydrogens is 172 g/mol. The summed E-state index contributed by atoms with van der Waals surface area (Å²) in [6.07, 6.45) is 5.55. The van der Waals surface area contributed by atoms with Crippen LogP contribution in [0.25, 0.3) is 0 Å². The van der Waals surface area contributed by atoms with Crippen LogP contribution in [0.2, 0.25) is 0 Å². The molecule has 0 radical (unpaired) electrons. The first-order chi connectivity index (χ1) is 6.77. The molecule has 1 saturated heterocycles. The molecular formula is C12H26N2. The van der Waals surface area contributed by atoms with Gasteiger partial charge in [-0.3, -0.25) is 4.90 Å². The Labute approximate surface area is 89.3 Å². The molecule has 0 saturated carbocycles. The van der Waals surface area contributed by atoms with E-state index in [-0.39, 0.29) is 0 Å². The van der Waals surface area contributed by atoms with Crippen LogP contribution in [0.15, 0.2) is 0 Å². The second-order valence-corrected chi connectivity index (χ2v) is 4.54. The lowest BCUT2D eigenvalue weighted by atomic mass is 10.0. The normalized spacial score (nSPS) is 24.4. The van der Waals surface area contributed by atoms with Gasteiger partial charge in [-0.25, -0.2) is 0 Å². The van der Waals surface area contributed by atoms with Gasteiger partial charge in [-0.05, 0) is 45.9 Å². The topological polar surface area (TPSA) is 6.48 Å². The maximum absolute atomic E-state index is 2.69. The summed E-state index contributed by atoms with van der Waals surface area (Å²) < 4.78 is 0. The Morgan fingerprint density at radius 2 is 2.07 bits per heavy atom. The Morgan fingerprint density at radius 1 is 1.29 bits per heavy atom. The molecule has 2 heteroatoms. The molecule has 84 valence electrons. The summed E-state index contributed by atoms with van der Waals surface area (Å²) in [5.41, 5.74) is 0. The number of hydrogen-bond donors (Lipinski definition) is 0. The van der Waals surface area contributed by atoms with Gasteiger partial charge in [0.1, 0.15) is 0 Å². The van der Waals surface area contributed by atoms with Gasteiger partial charge in [0.2, 0.25) is 0 Å². The molecule has 0 spiro atoms. The van der Waals surface area contributed by atoms with E-state index in [2.05, 4.69) is 30.7 Å². The second-order valence-electron chi connectivity index (χ2n) is 4.54. The van der Waals surface area contributed by atoms with Gasteiger partial charge in [-0.1, -0.05) is 20.3 Å². The zero-order valence-corrected chi connectivity index (χ0v) is 10.1. The Balaban J connectivity index is 2.37. The van der Waals surface area contributed by atoms with E-state index in [1.807, 2.05) is 0 Å². The van der Waals surface area contributed by atoms with Crippen LogP contribution in [0.5, 0.6) is 0 Å². The Hall–Kier alpha value is -0.0800. The molecule has 14 heavy (non-hydrogen) atoms. The molecule has 1 aliphatic heterocycles. The fourth-order valence-electron chi connectivity index (χ4n) is 2.34. The summed E-state index contributed by atoms with van der Waals surface area (Å²) in [5, 5.41) is 0. The van der Waals surface area contributed by atoms with Crippen LogP contribution < -0.4 is 0 Å². The van der Waals surface area contributed by atoms with Crippen molar-refractivity contribution in [3.05, 3.63) is 0 Å². The number of nitrogens with zero attached hydrogens (tertiary/aromatic N) is 2.